The largest absolute Gasteiger partial charge is 0.322 e. The van der Waals surface area contributed by atoms with Gasteiger partial charge in [-0.3, -0.25) is 14.4 Å². The summed E-state index contributed by atoms with van der Waals surface area (Å²) in [5, 5.41) is 6.58. The number of aromatic nitrogens is 2. The molecule has 0 unspecified atom stereocenters. The van der Waals surface area contributed by atoms with E-state index in [0.29, 0.717) is 4.90 Å². The molecule has 10 heteroatoms. The summed E-state index contributed by atoms with van der Waals surface area (Å²) in [6.07, 6.45) is 1.46. The quantitative estimate of drug-likeness (QED) is 0.837. The summed E-state index contributed by atoms with van der Waals surface area (Å²) in [6, 6.07) is 3.63. The number of carbonyl (C=O) groups excluding carboxylic acids is 2. The second-order valence-electron chi connectivity index (χ2n) is 6.14. The average molecular weight is 411 g/mol. The van der Waals surface area contributed by atoms with Crippen LogP contribution in [0, 0.1) is 5.82 Å². The molecule has 142 valence electrons. The minimum absolute atomic E-state index is 0.0510. The zero-order valence-electron chi connectivity index (χ0n) is 14.5. The Labute approximate surface area is 163 Å². The SMILES string of the molecule is CC(C)N1C(=O)CSc2cnn(CC(=O)Nc3ccc(Cl)cc3F)c(=O)c21. The number of benzene rings is 1. The normalized spacial score (nSPS) is 13.7. The fourth-order valence-corrected chi connectivity index (χ4v) is 3.72. The van der Waals surface area contributed by atoms with Crippen molar-refractivity contribution in [1.29, 1.82) is 0 Å². The summed E-state index contributed by atoms with van der Waals surface area (Å²) in [6.45, 7) is 3.19. The lowest BCUT2D eigenvalue weighted by Gasteiger charge is -2.31. The fourth-order valence-electron chi connectivity index (χ4n) is 2.70. The van der Waals surface area contributed by atoms with E-state index in [-0.39, 0.29) is 34.1 Å². The summed E-state index contributed by atoms with van der Waals surface area (Å²) < 4.78 is 14.8. The van der Waals surface area contributed by atoms with Gasteiger partial charge in [0.1, 0.15) is 18.0 Å². The van der Waals surface area contributed by atoms with Crippen LogP contribution >= 0.6 is 23.4 Å². The number of amides is 2. The Bertz CT molecular complexity index is 979. The van der Waals surface area contributed by atoms with Crippen LogP contribution in [-0.4, -0.2) is 33.4 Å². The van der Waals surface area contributed by atoms with E-state index in [2.05, 4.69) is 10.4 Å². The number of hydrogen-bond donors (Lipinski definition) is 1. The van der Waals surface area contributed by atoms with Crippen LogP contribution in [0.4, 0.5) is 15.8 Å². The molecule has 7 nitrogen and oxygen atoms in total. The molecule has 1 N–H and O–H groups in total. The summed E-state index contributed by atoms with van der Waals surface area (Å²) in [5.41, 5.74) is -0.384. The smallest absolute Gasteiger partial charge is 0.292 e. The zero-order chi connectivity index (χ0) is 19.7. The van der Waals surface area contributed by atoms with Gasteiger partial charge in [0.25, 0.3) is 5.56 Å². The maximum Gasteiger partial charge on any atom is 0.292 e. The Balaban J connectivity index is 1.87. The third-order valence-electron chi connectivity index (χ3n) is 3.86. The second-order valence-corrected chi connectivity index (χ2v) is 7.59. The molecule has 2 amide bonds. The van der Waals surface area contributed by atoms with Crippen molar-refractivity contribution in [2.24, 2.45) is 0 Å². The molecule has 2 aromatic rings. The van der Waals surface area contributed by atoms with Crippen LogP contribution in [0.15, 0.2) is 34.1 Å². The highest BCUT2D eigenvalue weighted by atomic mass is 35.5. The van der Waals surface area contributed by atoms with E-state index in [1.165, 1.54) is 35.0 Å². The van der Waals surface area contributed by atoms with Crippen molar-refractivity contribution in [2.75, 3.05) is 16.0 Å². The highest BCUT2D eigenvalue weighted by Crippen LogP contribution is 2.32. The number of halogens is 2. The molecule has 27 heavy (non-hydrogen) atoms. The maximum absolute atomic E-state index is 13.8. The van der Waals surface area contributed by atoms with E-state index < -0.39 is 23.8 Å². The average Bonchev–Trinajstić information content (AvgIpc) is 2.60. The molecule has 0 atom stereocenters. The van der Waals surface area contributed by atoms with Crippen molar-refractivity contribution in [1.82, 2.24) is 9.78 Å². The molecule has 0 saturated carbocycles. The van der Waals surface area contributed by atoms with E-state index in [1.54, 1.807) is 13.8 Å². The third-order valence-corrected chi connectivity index (χ3v) is 5.10. The molecule has 1 aromatic carbocycles. The number of fused-ring (bicyclic) bond motifs is 1. The number of rotatable bonds is 4. The summed E-state index contributed by atoms with van der Waals surface area (Å²) >= 11 is 6.92. The number of nitrogens with zero attached hydrogens (tertiary/aromatic N) is 3. The minimum Gasteiger partial charge on any atom is -0.322 e. The number of anilines is 2. The Morgan fingerprint density at radius 1 is 1.41 bits per heavy atom. The van der Waals surface area contributed by atoms with Gasteiger partial charge >= 0.3 is 0 Å². The van der Waals surface area contributed by atoms with Gasteiger partial charge in [-0.25, -0.2) is 9.07 Å². The number of carbonyl (C=O) groups is 2. The molecule has 1 aliphatic heterocycles. The molecule has 1 aliphatic rings. The Hall–Kier alpha value is -2.39. The Morgan fingerprint density at radius 2 is 2.15 bits per heavy atom. The molecule has 2 heterocycles. The van der Waals surface area contributed by atoms with Crippen LogP contribution in [-0.2, 0) is 16.1 Å². The summed E-state index contributed by atoms with van der Waals surface area (Å²) in [7, 11) is 0. The molecule has 1 aromatic heterocycles. The molecule has 3 rings (SSSR count). The Kier molecular flexibility index (Phi) is 5.52. The first-order chi connectivity index (χ1) is 12.8. The van der Waals surface area contributed by atoms with Gasteiger partial charge in [-0.1, -0.05) is 11.6 Å². The van der Waals surface area contributed by atoms with Gasteiger partial charge in [0.15, 0.2) is 0 Å². The van der Waals surface area contributed by atoms with E-state index in [0.717, 1.165) is 10.7 Å². The predicted molar refractivity (Wildman–Crippen MR) is 102 cm³/mol. The van der Waals surface area contributed by atoms with Crippen LogP contribution in [0.25, 0.3) is 0 Å². The van der Waals surface area contributed by atoms with Gasteiger partial charge in [-0.2, -0.15) is 5.10 Å². The van der Waals surface area contributed by atoms with Gasteiger partial charge in [-0.05, 0) is 32.0 Å². The van der Waals surface area contributed by atoms with Crippen LogP contribution < -0.4 is 15.8 Å². The van der Waals surface area contributed by atoms with Crippen molar-refractivity contribution in [3.05, 3.63) is 45.6 Å². The van der Waals surface area contributed by atoms with Crippen molar-refractivity contribution < 1.29 is 14.0 Å². The van der Waals surface area contributed by atoms with Gasteiger partial charge in [0.05, 0.1) is 22.5 Å². The van der Waals surface area contributed by atoms with Gasteiger partial charge in [-0.15, -0.1) is 11.8 Å². The first-order valence-electron chi connectivity index (χ1n) is 8.08. The van der Waals surface area contributed by atoms with Crippen molar-refractivity contribution in [3.63, 3.8) is 0 Å². The van der Waals surface area contributed by atoms with Gasteiger partial charge in [0, 0.05) is 11.1 Å². The van der Waals surface area contributed by atoms with E-state index in [1.807, 2.05) is 0 Å². The first kappa shape index (κ1) is 19.4. The van der Waals surface area contributed by atoms with E-state index in [9.17, 15) is 18.8 Å². The Morgan fingerprint density at radius 3 is 2.81 bits per heavy atom. The molecule has 0 spiro atoms. The maximum atomic E-state index is 13.8. The monoisotopic (exact) mass is 410 g/mol. The van der Waals surface area contributed by atoms with Crippen molar-refractivity contribution in [2.45, 2.75) is 31.3 Å². The van der Waals surface area contributed by atoms with E-state index in [4.69, 9.17) is 11.6 Å². The van der Waals surface area contributed by atoms with Crippen LogP contribution in [0.1, 0.15) is 13.8 Å². The third kappa shape index (κ3) is 3.98. The van der Waals surface area contributed by atoms with Crippen LogP contribution in [0.5, 0.6) is 0 Å². The molecule has 0 fully saturated rings. The molecular weight excluding hydrogens is 395 g/mol. The molecular formula is C17H16ClFN4O3S. The molecule has 0 radical (unpaired) electrons. The first-order valence-corrected chi connectivity index (χ1v) is 9.44. The summed E-state index contributed by atoms with van der Waals surface area (Å²) in [5.74, 6) is -1.26. The minimum atomic E-state index is -0.686. The molecule has 0 bridgehead atoms. The molecule has 0 saturated heterocycles. The molecule has 0 aliphatic carbocycles. The van der Waals surface area contributed by atoms with Crippen molar-refractivity contribution >= 4 is 46.6 Å². The topological polar surface area (TPSA) is 84.3 Å². The predicted octanol–water partition coefficient (Wildman–Crippen LogP) is 2.52. The van der Waals surface area contributed by atoms with Gasteiger partial charge < -0.3 is 10.2 Å². The van der Waals surface area contributed by atoms with Crippen molar-refractivity contribution in [3.8, 4) is 0 Å². The van der Waals surface area contributed by atoms with E-state index >= 15 is 0 Å². The standard InChI is InChI=1S/C17H16ClFN4O3S/c1-9(2)23-15(25)8-27-13-6-20-22(17(26)16(13)23)7-14(24)21-12-4-3-10(18)5-11(12)19/h3-6,9H,7-8H2,1-2H3,(H,21,24). The lowest BCUT2D eigenvalue weighted by molar-refractivity contribution is -0.117. The number of nitrogens with one attached hydrogen (secondary N) is 1. The number of hydrogen-bond acceptors (Lipinski definition) is 5. The van der Waals surface area contributed by atoms with Gasteiger partial charge in [0.2, 0.25) is 11.8 Å². The zero-order valence-corrected chi connectivity index (χ0v) is 16.1. The van der Waals surface area contributed by atoms with Crippen LogP contribution in [0.2, 0.25) is 5.02 Å². The summed E-state index contributed by atoms with van der Waals surface area (Å²) in [4.78, 5) is 39.2. The highest BCUT2D eigenvalue weighted by Gasteiger charge is 2.31. The van der Waals surface area contributed by atoms with Crippen LogP contribution in [0.3, 0.4) is 0 Å². The fraction of sp³-hybridized carbons (Fsp3) is 0.294. The second kappa shape index (κ2) is 7.69. The lowest BCUT2D eigenvalue weighted by atomic mass is 10.2. The number of thioether (sulfide) groups is 1. The lowest BCUT2D eigenvalue weighted by Crippen LogP contribution is -2.45. The highest BCUT2D eigenvalue weighted by molar-refractivity contribution is 8.00.